The number of benzene rings is 1. The van der Waals surface area contributed by atoms with Gasteiger partial charge in [0, 0.05) is 19.3 Å². The SMILES string of the molecule is CCCNc1cc(C)ccc1C(=O)NC. The molecule has 0 saturated carbocycles. The Morgan fingerprint density at radius 3 is 2.73 bits per heavy atom. The fourth-order valence-corrected chi connectivity index (χ4v) is 1.40. The van der Waals surface area contributed by atoms with Crippen molar-refractivity contribution in [2.45, 2.75) is 20.3 Å². The molecule has 15 heavy (non-hydrogen) atoms. The Labute approximate surface area is 90.9 Å². The van der Waals surface area contributed by atoms with Crippen LogP contribution in [0.25, 0.3) is 0 Å². The quantitative estimate of drug-likeness (QED) is 0.792. The lowest BCUT2D eigenvalue weighted by atomic mass is 10.1. The molecule has 3 heteroatoms. The molecule has 0 saturated heterocycles. The van der Waals surface area contributed by atoms with Crippen molar-refractivity contribution in [3.63, 3.8) is 0 Å². The zero-order valence-corrected chi connectivity index (χ0v) is 9.55. The zero-order valence-electron chi connectivity index (χ0n) is 9.55. The minimum absolute atomic E-state index is 0.0476. The topological polar surface area (TPSA) is 41.1 Å². The number of carbonyl (C=O) groups is 1. The van der Waals surface area contributed by atoms with E-state index < -0.39 is 0 Å². The smallest absolute Gasteiger partial charge is 0.253 e. The molecule has 0 aliphatic rings. The number of anilines is 1. The molecule has 0 unspecified atom stereocenters. The van der Waals surface area contributed by atoms with E-state index in [0.717, 1.165) is 24.2 Å². The van der Waals surface area contributed by atoms with Gasteiger partial charge in [0.05, 0.1) is 5.56 Å². The summed E-state index contributed by atoms with van der Waals surface area (Å²) in [5.74, 6) is -0.0476. The number of hydrogen-bond acceptors (Lipinski definition) is 2. The molecule has 1 aromatic rings. The van der Waals surface area contributed by atoms with Gasteiger partial charge in [0.15, 0.2) is 0 Å². The minimum Gasteiger partial charge on any atom is -0.384 e. The second-order valence-electron chi connectivity index (χ2n) is 3.55. The van der Waals surface area contributed by atoms with Gasteiger partial charge in [-0.1, -0.05) is 13.0 Å². The van der Waals surface area contributed by atoms with Gasteiger partial charge in [-0.05, 0) is 31.0 Å². The molecule has 3 nitrogen and oxygen atoms in total. The van der Waals surface area contributed by atoms with E-state index in [2.05, 4.69) is 17.6 Å². The molecule has 0 atom stereocenters. The van der Waals surface area contributed by atoms with E-state index in [-0.39, 0.29) is 5.91 Å². The number of nitrogens with one attached hydrogen (secondary N) is 2. The van der Waals surface area contributed by atoms with Gasteiger partial charge in [-0.3, -0.25) is 4.79 Å². The number of amides is 1. The fourth-order valence-electron chi connectivity index (χ4n) is 1.40. The van der Waals surface area contributed by atoms with Crippen molar-refractivity contribution < 1.29 is 4.79 Å². The molecular formula is C12H18N2O. The second-order valence-corrected chi connectivity index (χ2v) is 3.55. The molecule has 1 amide bonds. The van der Waals surface area contributed by atoms with Crippen molar-refractivity contribution in [2.24, 2.45) is 0 Å². The van der Waals surface area contributed by atoms with Gasteiger partial charge in [-0.15, -0.1) is 0 Å². The first-order valence-electron chi connectivity index (χ1n) is 5.25. The summed E-state index contributed by atoms with van der Waals surface area (Å²) < 4.78 is 0. The summed E-state index contributed by atoms with van der Waals surface area (Å²) in [5, 5.41) is 5.90. The lowest BCUT2D eigenvalue weighted by molar-refractivity contribution is 0.0964. The van der Waals surface area contributed by atoms with Crippen LogP contribution in [0.5, 0.6) is 0 Å². The third kappa shape index (κ3) is 2.98. The van der Waals surface area contributed by atoms with Gasteiger partial charge in [-0.25, -0.2) is 0 Å². The van der Waals surface area contributed by atoms with E-state index in [9.17, 15) is 4.79 Å². The Kier molecular flexibility index (Phi) is 4.16. The van der Waals surface area contributed by atoms with Crippen LogP contribution in [0.2, 0.25) is 0 Å². The van der Waals surface area contributed by atoms with Crippen LogP contribution >= 0.6 is 0 Å². The predicted octanol–water partition coefficient (Wildman–Crippen LogP) is 2.18. The summed E-state index contributed by atoms with van der Waals surface area (Å²) in [5.41, 5.74) is 2.77. The first-order chi connectivity index (χ1) is 7.19. The van der Waals surface area contributed by atoms with E-state index in [0.29, 0.717) is 5.56 Å². The van der Waals surface area contributed by atoms with Gasteiger partial charge in [-0.2, -0.15) is 0 Å². The molecule has 0 heterocycles. The van der Waals surface area contributed by atoms with Gasteiger partial charge in [0.25, 0.3) is 5.91 Å². The van der Waals surface area contributed by atoms with Crippen molar-refractivity contribution >= 4 is 11.6 Å². The summed E-state index contributed by atoms with van der Waals surface area (Å²) in [4.78, 5) is 11.6. The monoisotopic (exact) mass is 206 g/mol. The van der Waals surface area contributed by atoms with Crippen LogP contribution in [0.15, 0.2) is 18.2 Å². The molecule has 0 radical (unpaired) electrons. The summed E-state index contributed by atoms with van der Waals surface area (Å²) in [6.45, 7) is 5.00. The van der Waals surface area contributed by atoms with E-state index in [1.54, 1.807) is 7.05 Å². The highest BCUT2D eigenvalue weighted by Gasteiger charge is 2.08. The summed E-state index contributed by atoms with van der Waals surface area (Å²) >= 11 is 0. The maximum atomic E-state index is 11.6. The van der Waals surface area contributed by atoms with Gasteiger partial charge in [0.1, 0.15) is 0 Å². The predicted molar refractivity (Wildman–Crippen MR) is 63.3 cm³/mol. The van der Waals surface area contributed by atoms with E-state index in [4.69, 9.17) is 0 Å². The highest BCUT2D eigenvalue weighted by molar-refractivity contribution is 5.99. The number of hydrogen-bond donors (Lipinski definition) is 2. The number of aryl methyl sites for hydroxylation is 1. The third-order valence-electron chi connectivity index (χ3n) is 2.21. The van der Waals surface area contributed by atoms with Crippen molar-refractivity contribution in [2.75, 3.05) is 18.9 Å². The standard InChI is InChI=1S/C12H18N2O/c1-4-7-14-11-8-9(2)5-6-10(11)12(15)13-3/h5-6,8,14H,4,7H2,1-3H3,(H,13,15). The van der Waals surface area contributed by atoms with Crippen LogP contribution in [-0.4, -0.2) is 19.5 Å². The molecule has 82 valence electrons. The number of carbonyl (C=O) groups excluding carboxylic acids is 1. The number of rotatable bonds is 4. The highest BCUT2D eigenvalue weighted by atomic mass is 16.1. The van der Waals surface area contributed by atoms with Gasteiger partial charge < -0.3 is 10.6 Å². The molecule has 0 aliphatic heterocycles. The van der Waals surface area contributed by atoms with Gasteiger partial charge in [0.2, 0.25) is 0 Å². The van der Waals surface area contributed by atoms with Crippen LogP contribution < -0.4 is 10.6 Å². The van der Waals surface area contributed by atoms with E-state index >= 15 is 0 Å². The van der Waals surface area contributed by atoms with Crippen molar-refractivity contribution in [3.8, 4) is 0 Å². The highest BCUT2D eigenvalue weighted by Crippen LogP contribution is 2.17. The Morgan fingerprint density at radius 2 is 2.13 bits per heavy atom. The molecule has 1 rings (SSSR count). The van der Waals surface area contributed by atoms with Crippen LogP contribution in [0.4, 0.5) is 5.69 Å². The second kappa shape index (κ2) is 5.39. The van der Waals surface area contributed by atoms with Gasteiger partial charge >= 0.3 is 0 Å². The lowest BCUT2D eigenvalue weighted by Gasteiger charge is -2.11. The van der Waals surface area contributed by atoms with Crippen LogP contribution in [0.3, 0.4) is 0 Å². The fraction of sp³-hybridized carbons (Fsp3) is 0.417. The van der Waals surface area contributed by atoms with Crippen LogP contribution in [0, 0.1) is 6.92 Å². The first kappa shape index (κ1) is 11.6. The van der Waals surface area contributed by atoms with Crippen LogP contribution in [0.1, 0.15) is 29.3 Å². The lowest BCUT2D eigenvalue weighted by Crippen LogP contribution is -2.19. The minimum atomic E-state index is -0.0476. The zero-order chi connectivity index (χ0) is 11.3. The molecule has 1 aromatic carbocycles. The Hall–Kier alpha value is -1.51. The van der Waals surface area contributed by atoms with Crippen molar-refractivity contribution in [3.05, 3.63) is 29.3 Å². The maximum Gasteiger partial charge on any atom is 0.253 e. The van der Waals surface area contributed by atoms with E-state index in [1.807, 2.05) is 25.1 Å². The molecule has 0 aromatic heterocycles. The Bertz CT molecular complexity index is 347. The third-order valence-corrected chi connectivity index (χ3v) is 2.21. The van der Waals surface area contributed by atoms with Crippen molar-refractivity contribution in [1.82, 2.24) is 5.32 Å². The average molecular weight is 206 g/mol. The average Bonchev–Trinajstić information content (AvgIpc) is 2.25. The first-order valence-corrected chi connectivity index (χ1v) is 5.25. The summed E-state index contributed by atoms with van der Waals surface area (Å²) in [7, 11) is 1.64. The van der Waals surface area contributed by atoms with Crippen LogP contribution in [-0.2, 0) is 0 Å². The molecule has 0 spiro atoms. The molecule has 0 bridgehead atoms. The molecule has 2 N–H and O–H groups in total. The molecule has 0 aliphatic carbocycles. The van der Waals surface area contributed by atoms with E-state index in [1.165, 1.54) is 0 Å². The Balaban J connectivity index is 2.97. The molecular weight excluding hydrogens is 188 g/mol. The Morgan fingerprint density at radius 1 is 1.40 bits per heavy atom. The molecule has 0 fully saturated rings. The largest absolute Gasteiger partial charge is 0.384 e. The summed E-state index contributed by atoms with van der Waals surface area (Å²) in [6, 6.07) is 5.80. The maximum absolute atomic E-state index is 11.6. The normalized spacial score (nSPS) is 9.80. The summed E-state index contributed by atoms with van der Waals surface area (Å²) in [6.07, 6.45) is 1.04. The van der Waals surface area contributed by atoms with Crippen molar-refractivity contribution in [1.29, 1.82) is 0 Å².